The Labute approximate surface area is 191 Å². The first-order chi connectivity index (χ1) is 15.9. The average molecular weight is 453 g/mol. The number of carbonyl (C=O) groups excluding carboxylic acids is 1. The van der Waals surface area contributed by atoms with E-state index in [0.29, 0.717) is 17.5 Å². The first-order valence-electron chi connectivity index (χ1n) is 10.9. The largest absolute Gasteiger partial charge is 0.325 e. The van der Waals surface area contributed by atoms with E-state index in [2.05, 4.69) is 30.5 Å². The Balaban J connectivity index is 1.33. The van der Waals surface area contributed by atoms with Gasteiger partial charge < -0.3 is 10.6 Å². The summed E-state index contributed by atoms with van der Waals surface area (Å²) in [7, 11) is 0. The summed E-state index contributed by atoms with van der Waals surface area (Å²) >= 11 is 0. The van der Waals surface area contributed by atoms with Gasteiger partial charge in [-0.25, -0.2) is 23.7 Å². The molecule has 7 nitrogen and oxygen atoms in total. The van der Waals surface area contributed by atoms with Gasteiger partial charge in [0.25, 0.3) is 0 Å². The SMILES string of the molecule is Cc1ccc(F)c(NC(=O)CN2CCC(c3cc(Nc4ccc(F)cn4)nc(C)n3)CC2)c1. The number of likely N-dealkylation sites (tertiary alicyclic amines) is 1. The van der Waals surface area contributed by atoms with Gasteiger partial charge in [0.1, 0.15) is 29.1 Å². The minimum absolute atomic E-state index is 0.210. The van der Waals surface area contributed by atoms with Crippen LogP contribution >= 0.6 is 0 Å². The van der Waals surface area contributed by atoms with Gasteiger partial charge in [-0.05, 0) is 69.6 Å². The smallest absolute Gasteiger partial charge is 0.238 e. The molecule has 2 aromatic heterocycles. The fourth-order valence-electron chi connectivity index (χ4n) is 3.96. The van der Waals surface area contributed by atoms with Crippen LogP contribution in [0.15, 0.2) is 42.6 Å². The van der Waals surface area contributed by atoms with Crippen LogP contribution in [0.4, 0.5) is 26.1 Å². The fraction of sp³-hybridized carbons (Fsp3) is 0.333. The number of carbonyl (C=O) groups is 1. The first-order valence-corrected chi connectivity index (χ1v) is 10.9. The van der Waals surface area contributed by atoms with Crippen molar-refractivity contribution in [3.63, 3.8) is 0 Å². The van der Waals surface area contributed by atoms with Crippen LogP contribution in [0, 0.1) is 25.5 Å². The topological polar surface area (TPSA) is 83.0 Å². The molecule has 0 aliphatic carbocycles. The van der Waals surface area contributed by atoms with E-state index in [9.17, 15) is 13.6 Å². The molecule has 33 heavy (non-hydrogen) atoms. The van der Waals surface area contributed by atoms with Gasteiger partial charge in [0.2, 0.25) is 5.91 Å². The van der Waals surface area contributed by atoms with Crippen molar-refractivity contribution in [1.82, 2.24) is 19.9 Å². The third-order valence-corrected chi connectivity index (χ3v) is 5.61. The maximum atomic E-state index is 13.9. The predicted octanol–water partition coefficient (Wildman–Crippen LogP) is 4.33. The van der Waals surface area contributed by atoms with E-state index >= 15 is 0 Å². The van der Waals surface area contributed by atoms with E-state index in [-0.39, 0.29) is 24.1 Å². The third-order valence-electron chi connectivity index (χ3n) is 5.61. The summed E-state index contributed by atoms with van der Waals surface area (Å²) < 4.78 is 27.0. The number of nitrogens with zero attached hydrogens (tertiary/aromatic N) is 4. The summed E-state index contributed by atoms with van der Waals surface area (Å²) in [5.74, 6) is 0.928. The highest BCUT2D eigenvalue weighted by Crippen LogP contribution is 2.28. The minimum Gasteiger partial charge on any atom is -0.325 e. The highest BCUT2D eigenvalue weighted by molar-refractivity contribution is 5.92. The zero-order valence-electron chi connectivity index (χ0n) is 18.6. The molecule has 0 saturated carbocycles. The Bertz CT molecular complexity index is 1130. The molecule has 4 rings (SSSR count). The molecule has 172 valence electrons. The van der Waals surface area contributed by atoms with E-state index in [0.717, 1.165) is 43.4 Å². The minimum atomic E-state index is -0.438. The quantitative estimate of drug-likeness (QED) is 0.579. The second kappa shape index (κ2) is 9.99. The normalized spacial score (nSPS) is 14.8. The van der Waals surface area contributed by atoms with E-state index < -0.39 is 11.6 Å². The molecular formula is C24H26F2N6O. The molecule has 0 radical (unpaired) electrons. The van der Waals surface area contributed by atoms with Crippen molar-refractivity contribution in [3.05, 3.63) is 71.3 Å². The number of nitrogens with one attached hydrogen (secondary N) is 2. The maximum absolute atomic E-state index is 13.9. The van der Waals surface area contributed by atoms with E-state index in [1.54, 1.807) is 18.2 Å². The number of hydrogen-bond acceptors (Lipinski definition) is 6. The highest BCUT2D eigenvalue weighted by Gasteiger charge is 2.24. The van der Waals surface area contributed by atoms with E-state index in [1.165, 1.54) is 12.1 Å². The summed E-state index contributed by atoms with van der Waals surface area (Å²) in [6.45, 7) is 5.37. The van der Waals surface area contributed by atoms with Crippen LogP contribution < -0.4 is 10.6 Å². The first kappa shape index (κ1) is 22.7. The van der Waals surface area contributed by atoms with Gasteiger partial charge in [-0.15, -0.1) is 0 Å². The average Bonchev–Trinajstić information content (AvgIpc) is 2.78. The highest BCUT2D eigenvalue weighted by atomic mass is 19.1. The number of benzene rings is 1. The van der Waals surface area contributed by atoms with Crippen LogP contribution in [0.3, 0.4) is 0 Å². The molecule has 1 aliphatic rings. The van der Waals surface area contributed by atoms with Gasteiger partial charge in [0, 0.05) is 17.7 Å². The second-order valence-corrected chi connectivity index (χ2v) is 8.29. The Morgan fingerprint density at radius 2 is 1.85 bits per heavy atom. The number of rotatable bonds is 6. The van der Waals surface area contributed by atoms with Crippen molar-refractivity contribution >= 4 is 23.2 Å². The van der Waals surface area contributed by atoms with Crippen LogP contribution in [0.5, 0.6) is 0 Å². The molecule has 1 aliphatic heterocycles. The molecule has 1 amide bonds. The van der Waals surface area contributed by atoms with Gasteiger partial charge in [-0.1, -0.05) is 6.07 Å². The monoisotopic (exact) mass is 452 g/mol. The zero-order valence-corrected chi connectivity index (χ0v) is 18.6. The number of aryl methyl sites for hydroxylation is 2. The molecule has 9 heteroatoms. The lowest BCUT2D eigenvalue weighted by Gasteiger charge is -2.31. The van der Waals surface area contributed by atoms with E-state index in [4.69, 9.17) is 0 Å². The molecule has 2 N–H and O–H groups in total. The lowest BCUT2D eigenvalue weighted by atomic mass is 9.93. The van der Waals surface area contributed by atoms with E-state index in [1.807, 2.05) is 19.9 Å². The van der Waals surface area contributed by atoms with Crippen molar-refractivity contribution in [2.75, 3.05) is 30.3 Å². The Kier molecular flexibility index (Phi) is 6.88. The Morgan fingerprint density at radius 1 is 1.06 bits per heavy atom. The van der Waals surface area contributed by atoms with Crippen molar-refractivity contribution in [3.8, 4) is 0 Å². The van der Waals surface area contributed by atoms with Gasteiger partial charge in [-0.3, -0.25) is 9.69 Å². The number of halogens is 2. The van der Waals surface area contributed by atoms with Crippen LogP contribution in [0.1, 0.15) is 35.8 Å². The molecule has 0 spiro atoms. The molecule has 1 aromatic carbocycles. The standard InChI is InChI=1S/C24H26F2N6O/c1-15-3-5-19(26)21(11-15)30-24(33)14-32-9-7-17(8-10-32)20-12-23(29-16(2)28-20)31-22-6-4-18(25)13-27-22/h3-6,11-13,17H,7-10,14H2,1-2H3,(H,30,33)(H,27,28,29,31). The summed E-state index contributed by atoms with van der Waals surface area (Å²) in [6, 6.07) is 9.44. The van der Waals surface area contributed by atoms with Crippen LogP contribution in [0.25, 0.3) is 0 Å². The molecule has 1 fully saturated rings. The number of pyridine rings is 1. The number of aromatic nitrogens is 3. The molecule has 0 bridgehead atoms. The molecule has 0 atom stereocenters. The van der Waals surface area contributed by atoms with Crippen molar-refractivity contribution in [2.45, 2.75) is 32.6 Å². The Morgan fingerprint density at radius 3 is 2.58 bits per heavy atom. The summed E-state index contributed by atoms with van der Waals surface area (Å²) in [5, 5.41) is 5.76. The maximum Gasteiger partial charge on any atom is 0.238 e. The molecule has 1 saturated heterocycles. The van der Waals surface area contributed by atoms with Crippen LogP contribution in [-0.2, 0) is 4.79 Å². The summed E-state index contributed by atoms with van der Waals surface area (Å²) in [6.07, 6.45) is 2.84. The number of hydrogen-bond donors (Lipinski definition) is 2. The summed E-state index contributed by atoms with van der Waals surface area (Å²) in [5.41, 5.74) is 2.02. The zero-order chi connectivity index (χ0) is 23.4. The van der Waals surface area contributed by atoms with Crippen molar-refractivity contribution in [2.24, 2.45) is 0 Å². The van der Waals surface area contributed by atoms with Gasteiger partial charge >= 0.3 is 0 Å². The predicted molar refractivity (Wildman–Crippen MR) is 122 cm³/mol. The fourth-order valence-corrected chi connectivity index (χ4v) is 3.96. The summed E-state index contributed by atoms with van der Waals surface area (Å²) in [4.78, 5) is 27.5. The third kappa shape index (κ3) is 6.07. The molecular weight excluding hydrogens is 426 g/mol. The van der Waals surface area contributed by atoms with Crippen molar-refractivity contribution in [1.29, 1.82) is 0 Å². The molecule has 3 aromatic rings. The number of anilines is 3. The lowest BCUT2D eigenvalue weighted by Crippen LogP contribution is -2.39. The van der Waals surface area contributed by atoms with Crippen LogP contribution in [0.2, 0.25) is 0 Å². The molecule has 0 unspecified atom stereocenters. The van der Waals surface area contributed by atoms with Crippen molar-refractivity contribution < 1.29 is 13.6 Å². The number of piperidine rings is 1. The molecule has 3 heterocycles. The van der Waals surface area contributed by atoms with Gasteiger partial charge in [0.05, 0.1) is 18.4 Å². The number of amides is 1. The van der Waals surface area contributed by atoms with Gasteiger partial charge in [0.15, 0.2) is 0 Å². The lowest BCUT2D eigenvalue weighted by molar-refractivity contribution is -0.117. The second-order valence-electron chi connectivity index (χ2n) is 8.29. The van der Waals surface area contributed by atoms with Crippen LogP contribution in [-0.4, -0.2) is 45.4 Å². The Hall–Kier alpha value is -3.46. The van der Waals surface area contributed by atoms with Gasteiger partial charge in [-0.2, -0.15) is 0 Å².